The highest BCUT2D eigenvalue weighted by atomic mass is 15.3. The highest BCUT2D eigenvalue weighted by molar-refractivity contribution is 5.22. The number of hydrogen-bond donors (Lipinski definition) is 0. The highest BCUT2D eigenvalue weighted by Crippen LogP contribution is 2.23. The van der Waals surface area contributed by atoms with Gasteiger partial charge in [0, 0.05) is 19.2 Å². The summed E-state index contributed by atoms with van der Waals surface area (Å²) in [6, 6.07) is 2.32. The van der Waals surface area contributed by atoms with E-state index in [2.05, 4.69) is 11.2 Å². The average Bonchev–Trinajstić information content (AvgIpc) is 2.47. The third-order valence-electron chi connectivity index (χ3n) is 2.53. The molecule has 3 heteroatoms. The fourth-order valence-electron chi connectivity index (χ4n) is 1.76. The standard InChI is InChI=1S/C9H11N3/c1-12-9-4-7(5-10)2-3-8(9)6-11-12/h6-7H,2-4H2,1H3. The van der Waals surface area contributed by atoms with E-state index >= 15 is 0 Å². The molecule has 1 aromatic rings. The molecule has 0 fully saturated rings. The molecular formula is C9H11N3. The van der Waals surface area contributed by atoms with Crippen molar-refractivity contribution in [1.29, 1.82) is 5.26 Å². The van der Waals surface area contributed by atoms with Gasteiger partial charge in [0.15, 0.2) is 0 Å². The molecule has 0 radical (unpaired) electrons. The van der Waals surface area contributed by atoms with Crippen LogP contribution in [0.2, 0.25) is 0 Å². The van der Waals surface area contributed by atoms with Crippen molar-refractivity contribution in [1.82, 2.24) is 9.78 Å². The minimum Gasteiger partial charge on any atom is -0.272 e. The maximum absolute atomic E-state index is 8.77. The summed E-state index contributed by atoms with van der Waals surface area (Å²) in [5.74, 6) is 0.202. The highest BCUT2D eigenvalue weighted by Gasteiger charge is 2.20. The molecule has 1 heterocycles. The van der Waals surface area contributed by atoms with Crippen LogP contribution in [0.15, 0.2) is 6.20 Å². The zero-order chi connectivity index (χ0) is 8.55. The summed E-state index contributed by atoms with van der Waals surface area (Å²) < 4.78 is 1.89. The molecule has 0 spiro atoms. The van der Waals surface area contributed by atoms with E-state index in [-0.39, 0.29) is 5.92 Å². The van der Waals surface area contributed by atoms with Gasteiger partial charge >= 0.3 is 0 Å². The molecule has 0 aliphatic heterocycles. The third kappa shape index (κ3) is 1.00. The van der Waals surface area contributed by atoms with E-state index in [0.717, 1.165) is 19.3 Å². The maximum atomic E-state index is 8.77. The lowest BCUT2D eigenvalue weighted by Crippen LogP contribution is -2.14. The molecule has 1 aromatic heterocycles. The van der Waals surface area contributed by atoms with Crippen molar-refractivity contribution in [2.45, 2.75) is 19.3 Å². The Kier molecular flexibility index (Phi) is 1.61. The summed E-state index contributed by atoms with van der Waals surface area (Å²) >= 11 is 0. The van der Waals surface area contributed by atoms with Gasteiger partial charge in [0.1, 0.15) is 0 Å². The largest absolute Gasteiger partial charge is 0.272 e. The Labute approximate surface area is 71.6 Å². The van der Waals surface area contributed by atoms with Crippen molar-refractivity contribution in [3.63, 3.8) is 0 Å². The second-order valence-corrected chi connectivity index (χ2v) is 3.31. The van der Waals surface area contributed by atoms with Gasteiger partial charge in [0.2, 0.25) is 0 Å². The van der Waals surface area contributed by atoms with Gasteiger partial charge in [-0.25, -0.2) is 0 Å². The van der Waals surface area contributed by atoms with Crippen molar-refractivity contribution in [2.24, 2.45) is 13.0 Å². The summed E-state index contributed by atoms with van der Waals surface area (Å²) in [5.41, 5.74) is 2.57. The van der Waals surface area contributed by atoms with Crippen LogP contribution in [-0.4, -0.2) is 9.78 Å². The Bertz CT molecular complexity index is 332. The monoisotopic (exact) mass is 161 g/mol. The van der Waals surface area contributed by atoms with Crippen LogP contribution >= 0.6 is 0 Å². The predicted octanol–water partition coefficient (Wildman–Crippen LogP) is 1.05. The van der Waals surface area contributed by atoms with Gasteiger partial charge in [-0.05, 0) is 18.4 Å². The van der Waals surface area contributed by atoms with Gasteiger partial charge in [0.25, 0.3) is 0 Å². The molecule has 1 aliphatic rings. The van der Waals surface area contributed by atoms with Crippen molar-refractivity contribution in [3.05, 3.63) is 17.5 Å². The minimum atomic E-state index is 0.202. The quantitative estimate of drug-likeness (QED) is 0.570. The number of hydrogen-bond acceptors (Lipinski definition) is 2. The second kappa shape index (κ2) is 2.63. The van der Waals surface area contributed by atoms with Crippen LogP contribution in [0.1, 0.15) is 17.7 Å². The third-order valence-corrected chi connectivity index (χ3v) is 2.53. The van der Waals surface area contributed by atoms with Crippen LogP contribution in [0.25, 0.3) is 0 Å². The molecule has 1 aliphatic carbocycles. The summed E-state index contributed by atoms with van der Waals surface area (Å²) in [5, 5.41) is 12.9. The molecule has 0 N–H and O–H groups in total. The Morgan fingerprint density at radius 2 is 2.58 bits per heavy atom. The predicted molar refractivity (Wildman–Crippen MR) is 44.3 cm³/mol. The average molecular weight is 161 g/mol. The first kappa shape index (κ1) is 7.35. The first-order valence-electron chi connectivity index (χ1n) is 4.20. The molecular weight excluding hydrogens is 150 g/mol. The fraction of sp³-hybridized carbons (Fsp3) is 0.556. The lowest BCUT2D eigenvalue weighted by Gasteiger charge is -2.16. The van der Waals surface area contributed by atoms with E-state index in [1.54, 1.807) is 0 Å². The Morgan fingerprint density at radius 1 is 1.75 bits per heavy atom. The summed E-state index contributed by atoms with van der Waals surface area (Å²) in [7, 11) is 1.94. The zero-order valence-electron chi connectivity index (χ0n) is 7.12. The number of aryl methyl sites for hydroxylation is 2. The molecule has 62 valence electrons. The van der Waals surface area contributed by atoms with E-state index < -0.39 is 0 Å². The SMILES string of the molecule is Cn1ncc2c1CC(C#N)CC2. The van der Waals surface area contributed by atoms with Gasteiger partial charge in [-0.1, -0.05) is 0 Å². The molecule has 0 saturated heterocycles. The number of aromatic nitrogens is 2. The van der Waals surface area contributed by atoms with Crippen molar-refractivity contribution >= 4 is 0 Å². The van der Waals surface area contributed by atoms with Gasteiger partial charge in [-0.15, -0.1) is 0 Å². The molecule has 12 heavy (non-hydrogen) atoms. The van der Waals surface area contributed by atoms with Crippen LogP contribution in [0.5, 0.6) is 0 Å². The first-order chi connectivity index (χ1) is 5.81. The van der Waals surface area contributed by atoms with Crippen molar-refractivity contribution < 1.29 is 0 Å². The van der Waals surface area contributed by atoms with Crippen LogP contribution in [0.4, 0.5) is 0 Å². The topological polar surface area (TPSA) is 41.6 Å². The van der Waals surface area contributed by atoms with Crippen LogP contribution in [0.3, 0.4) is 0 Å². The molecule has 0 bridgehead atoms. The van der Waals surface area contributed by atoms with E-state index in [4.69, 9.17) is 5.26 Å². The number of nitrogens with zero attached hydrogens (tertiary/aromatic N) is 3. The van der Waals surface area contributed by atoms with Crippen LogP contribution in [-0.2, 0) is 19.9 Å². The lowest BCUT2D eigenvalue weighted by molar-refractivity contribution is 0.535. The first-order valence-corrected chi connectivity index (χ1v) is 4.20. The van der Waals surface area contributed by atoms with E-state index in [9.17, 15) is 0 Å². The lowest BCUT2D eigenvalue weighted by atomic mass is 9.89. The minimum absolute atomic E-state index is 0.202. The molecule has 2 rings (SSSR count). The number of fused-ring (bicyclic) bond motifs is 1. The van der Waals surface area contributed by atoms with Gasteiger partial charge in [0.05, 0.1) is 18.2 Å². The fourth-order valence-corrected chi connectivity index (χ4v) is 1.76. The normalized spacial score (nSPS) is 21.5. The molecule has 0 amide bonds. The van der Waals surface area contributed by atoms with E-state index in [0.29, 0.717) is 0 Å². The maximum Gasteiger partial charge on any atom is 0.0659 e. The Hall–Kier alpha value is -1.30. The number of rotatable bonds is 0. The van der Waals surface area contributed by atoms with Gasteiger partial charge in [-0.3, -0.25) is 4.68 Å². The Balaban J connectivity index is 2.33. The molecule has 0 saturated carbocycles. The summed E-state index contributed by atoms with van der Waals surface area (Å²) in [4.78, 5) is 0. The van der Waals surface area contributed by atoms with Gasteiger partial charge < -0.3 is 0 Å². The van der Waals surface area contributed by atoms with Crippen LogP contribution < -0.4 is 0 Å². The van der Waals surface area contributed by atoms with Gasteiger partial charge in [-0.2, -0.15) is 10.4 Å². The second-order valence-electron chi connectivity index (χ2n) is 3.31. The molecule has 0 aromatic carbocycles. The number of nitriles is 1. The Morgan fingerprint density at radius 3 is 3.33 bits per heavy atom. The van der Waals surface area contributed by atoms with E-state index in [1.165, 1.54) is 11.3 Å². The molecule has 3 nitrogen and oxygen atoms in total. The molecule has 1 unspecified atom stereocenters. The van der Waals surface area contributed by atoms with Crippen molar-refractivity contribution in [3.8, 4) is 6.07 Å². The molecule has 1 atom stereocenters. The van der Waals surface area contributed by atoms with E-state index in [1.807, 2.05) is 17.9 Å². The summed E-state index contributed by atoms with van der Waals surface area (Å²) in [6.45, 7) is 0. The van der Waals surface area contributed by atoms with Crippen LogP contribution in [0, 0.1) is 17.2 Å². The smallest absolute Gasteiger partial charge is 0.0659 e. The zero-order valence-corrected chi connectivity index (χ0v) is 7.12. The van der Waals surface area contributed by atoms with Crippen molar-refractivity contribution in [2.75, 3.05) is 0 Å². The summed E-state index contributed by atoms with van der Waals surface area (Å²) in [6.07, 6.45) is 4.81.